The molecule has 0 unspecified atom stereocenters. The van der Waals surface area contributed by atoms with Crippen LogP contribution in [0, 0.1) is 12.7 Å². The zero-order chi connectivity index (χ0) is 15.8. The van der Waals surface area contributed by atoms with Gasteiger partial charge in [-0.15, -0.1) is 0 Å². The van der Waals surface area contributed by atoms with Crippen molar-refractivity contribution in [2.24, 2.45) is 0 Å². The number of nitrogens with one attached hydrogen (secondary N) is 1. The van der Waals surface area contributed by atoms with E-state index in [4.69, 9.17) is 17.3 Å². The number of benzene rings is 2. The summed E-state index contributed by atoms with van der Waals surface area (Å²) < 4.78 is 40.9. The van der Waals surface area contributed by atoms with E-state index in [1.165, 1.54) is 6.07 Å². The van der Waals surface area contributed by atoms with Crippen molar-refractivity contribution >= 4 is 48.9 Å². The van der Waals surface area contributed by atoms with Gasteiger partial charge in [-0.3, -0.25) is 4.72 Å². The summed E-state index contributed by atoms with van der Waals surface area (Å²) in [5.74, 6) is -0.910. The van der Waals surface area contributed by atoms with Crippen LogP contribution in [0.2, 0.25) is 5.02 Å². The lowest BCUT2D eigenvalue weighted by molar-refractivity contribution is 0.570. The number of rotatable bonds is 3. The lowest BCUT2D eigenvalue weighted by Crippen LogP contribution is -2.15. The fraction of sp³-hybridized carbons (Fsp3) is 0.0769. The van der Waals surface area contributed by atoms with Gasteiger partial charge in [0.25, 0.3) is 10.0 Å². The van der Waals surface area contributed by atoms with Crippen molar-refractivity contribution in [3.05, 3.63) is 51.2 Å². The van der Waals surface area contributed by atoms with Crippen LogP contribution in [0.25, 0.3) is 0 Å². The number of aryl methyl sites for hydroxylation is 1. The Morgan fingerprint density at radius 2 is 1.95 bits per heavy atom. The Morgan fingerprint density at radius 1 is 1.29 bits per heavy atom. The van der Waals surface area contributed by atoms with Crippen molar-refractivity contribution in [3.8, 4) is 0 Å². The SMILES string of the molecule is Cc1ccc(NS(=O)(=O)c2cc(N)c(Br)cc2F)c(Cl)c1. The molecule has 0 spiro atoms. The highest BCUT2D eigenvalue weighted by Crippen LogP contribution is 2.29. The standard InChI is InChI=1S/C13H11BrClFN2O2S/c1-7-2-3-12(9(15)4-7)18-21(19,20)13-6-11(17)8(14)5-10(13)16/h2-6,18H,17H2,1H3. The largest absolute Gasteiger partial charge is 0.398 e. The molecule has 0 aliphatic rings. The van der Waals surface area contributed by atoms with Gasteiger partial charge < -0.3 is 5.73 Å². The fourth-order valence-electron chi connectivity index (χ4n) is 1.65. The Hall–Kier alpha value is -1.31. The Morgan fingerprint density at radius 3 is 2.57 bits per heavy atom. The molecule has 0 fully saturated rings. The fourth-order valence-corrected chi connectivity index (χ4v) is 3.48. The molecule has 8 heteroatoms. The zero-order valence-corrected chi connectivity index (χ0v) is 14.0. The molecular weight excluding hydrogens is 383 g/mol. The smallest absolute Gasteiger partial charge is 0.264 e. The second kappa shape index (κ2) is 5.82. The van der Waals surface area contributed by atoms with Gasteiger partial charge >= 0.3 is 0 Å². The molecule has 3 N–H and O–H groups in total. The van der Waals surface area contributed by atoms with Gasteiger partial charge in [0, 0.05) is 10.2 Å². The van der Waals surface area contributed by atoms with E-state index in [9.17, 15) is 12.8 Å². The molecule has 0 atom stereocenters. The van der Waals surface area contributed by atoms with E-state index < -0.39 is 20.7 Å². The molecular formula is C13H11BrClFN2O2S. The van der Waals surface area contributed by atoms with Gasteiger partial charge in [0.1, 0.15) is 10.7 Å². The maximum Gasteiger partial charge on any atom is 0.264 e. The molecule has 0 amide bonds. The molecule has 2 rings (SSSR count). The monoisotopic (exact) mass is 392 g/mol. The minimum absolute atomic E-state index is 0.117. The topological polar surface area (TPSA) is 72.2 Å². The number of halogens is 3. The van der Waals surface area contributed by atoms with Crippen molar-refractivity contribution in [2.75, 3.05) is 10.5 Å². The molecule has 4 nitrogen and oxygen atoms in total. The van der Waals surface area contributed by atoms with Crippen molar-refractivity contribution < 1.29 is 12.8 Å². The van der Waals surface area contributed by atoms with Crippen LogP contribution >= 0.6 is 27.5 Å². The Balaban J connectivity index is 2.46. The average molecular weight is 394 g/mol. The van der Waals surface area contributed by atoms with E-state index in [2.05, 4.69) is 20.7 Å². The first-order chi connectivity index (χ1) is 9.70. The molecule has 0 aromatic heterocycles. The number of hydrogen-bond acceptors (Lipinski definition) is 3. The van der Waals surface area contributed by atoms with Crippen molar-refractivity contribution in [1.29, 1.82) is 0 Å². The molecule has 2 aromatic rings. The first-order valence-electron chi connectivity index (χ1n) is 5.74. The van der Waals surface area contributed by atoms with Crippen LogP contribution < -0.4 is 10.5 Å². The van der Waals surface area contributed by atoms with E-state index in [1.54, 1.807) is 12.1 Å². The number of nitrogen functional groups attached to an aromatic ring is 1. The minimum Gasteiger partial charge on any atom is -0.398 e. The minimum atomic E-state index is -4.13. The molecule has 112 valence electrons. The van der Waals surface area contributed by atoms with Gasteiger partial charge in [-0.1, -0.05) is 17.7 Å². The lowest BCUT2D eigenvalue weighted by atomic mass is 10.2. The van der Waals surface area contributed by atoms with Crippen molar-refractivity contribution in [1.82, 2.24) is 0 Å². The van der Waals surface area contributed by atoms with Gasteiger partial charge in [-0.2, -0.15) is 0 Å². The first-order valence-corrected chi connectivity index (χ1v) is 8.39. The highest BCUT2D eigenvalue weighted by Gasteiger charge is 2.21. The third kappa shape index (κ3) is 3.48. The normalized spacial score (nSPS) is 11.4. The molecule has 0 saturated carbocycles. The second-order valence-electron chi connectivity index (χ2n) is 4.39. The molecule has 0 aliphatic heterocycles. The first kappa shape index (κ1) is 16.1. The molecule has 0 saturated heterocycles. The van der Waals surface area contributed by atoms with E-state index in [0.717, 1.165) is 17.7 Å². The van der Waals surface area contributed by atoms with Crippen LogP contribution in [0.3, 0.4) is 0 Å². The molecule has 0 heterocycles. The molecule has 2 aromatic carbocycles. The maximum atomic E-state index is 13.9. The summed E-state index contributed by atoms with van der Waals surface area (Å²) in [6, 6.07) is 6.85. The van der Waals surface area contributed by atoms with E-state index in [1.807, 2.05) is 6.92 Å². The summed E-state index contributed by atoms with van der Waals surface area (Å²) in [5, 5.41) is 0.226. The third-order valence-electron chi connectivity index (χ3n) is 2.71. The zero-order valence-electron chi connectivity index (χ0n) is 10.8. The molecule has 0 aliphatic carbocycles. The number of anilines is 2. The summed E-state index contributed by atoms with van der Waals surface area (Å²) in [4.78, 5) is -0.542. The van der Waals surface area contributed by atoms with Crippen LogP contribution in [0.4, 0.5) is 15.8 Å². The van der Waals surface area contributed by atoms with Crippen LogP contribution in [-0.2, 0) is 10.0 Å². The summed E-state index contributed by atoms with van der Waals surface area (Å²) in [7, 11) is -4.13. The van der Waals surface area contributed by atoms with Gasteiger partial charge in [0.15, 0.2) is 0 Å². The maximum absolute atomic E-state index is 13.9. The third-order valence-corrected chi connectivity index (χ3v) is 5.09. The van der Waals surface area contributed by atoms with Gasteiger partial charge in [0.2, 0.25) is 0 Å². The van der Waals surface area contributed by atoms with E-state index in [-0.39, 0.29) is 20.9 Å². The van der Waals surface area contributed by atoms with Crippen molar-refractivity contribution in [2.45, 2.75) is 11.8 Å². The highest BCUT2D eigenvalue weighted by molar-refractivity contribution is 9.10. The Bertz CT molecular complexity index is 812. The Labute approximate surface area is 135 Å². The second-order valence-corrected chi connectivity index (χ2v) is 7.31. The molecule has 0 radical (unpaired) electrons. The van der Waals surface area contributed by atoms with Crippen LogP contribution in [0.15, 0.2) is 39.7 Å². The predicted octanol–water partition coefficient (Wildman–Crippen LogP) is 3.93. The van der Waals surface area contributed by atoms with Gasteiger partial charge in [-0.25, -0.2) is 12.8 Å². The Kier molecular flexibility index (Phi) is 4.46. The number of nitrogens with two attached hydrogens (primary N) is 1. The van der Waals surface area contributed by atoms with Crippen LogP contribution in [0.5, 0.6) is 0 Å². The summed E-state index contributed by atoms with van der Waals surface area (Å²) in [5.41, 5.74) is 6.76. The van der Waals surface area contributed by atoms with Crippen LogP contribution in [0.1, 0.15) is 5.56 Å². The quantitative estimate of drug-likeness (QED) is 0.776. The number of hydrogen-bond donors (Lipinski definition) is 2. The average Bonchev–Trinajstić information content (AvgIpc) is 2.37. The summed E-state index contributed by atoms with van der Waals surface area (Å²) in [6.45, 7) is 1.82. The van der Waals surface area contributed by atoms with Gasteiger partial charge in [0.05, 0.1) is 10.7 Å². The predicted molar refractivity (Wildman–Crippen MR) is 85.5 cm³/mol. The van der Waals surface area contributed by atoms with Crippen molar-refractivity contribution in [3.63, 3.8) is 0 Å². The van der Waals surface area contributed by atoms with Gasteiger partial charge in [-0.05, 0) is 52.7 Å². The summed E-state index contributed by atoms with van der Waals surface area (Å²) >= 11 is 9.00. The summed E-state index contributed by atoms with van der Waals surface area (Å²) in [6.07, 6.45) is 0. The molecule has 21 heavy (non-hydrogen) atoms. The number of sulfonamides is 1. The molecule has 0 bridgehead atoms. The van der Waals surface area contributed by atoms with E-state index >= 15 is 0 Å². The van der Waals surface area contributed by atoms with Crippen LogP contribution in [-0.4, -0.2) is 8.42 Å². The lowest BCUT2D eigenvalue weighted by Gasteiger charge is -2.12. The highest BCUT2D eigenvalue weighted by atomic mass is 79.9. The van der Waals surface area contributed by atoms with E-state index in [0.29, 0.717) is 0 Å².